The molecular formula is C11H18O4. The summed E-state index contributed by atoms with van der Waals surface area (Å²) in [6.07, 6.45) is 3.92. The third-order valence-electron chi connectivity index (χ3n) is 2.10. The molecule has 0 unspecified atom stereocenters. The number of allylic oxidation sites excluding steroid dienone is 1. The molecule has 4 nitrogen and oxygen atoms in total. The summed E-state index contributed by atoms with van der Waals surface area (Å²) in [6, 6.07) is 0. The Morgan fingerprint density at radius 1 is 1.60 bits per heavy atom. The van der Waals surface area contributed by atoms with E-state index in [1.54, 1.807) is 13.0 Å². The van der Waals surface area contributed by atoms with Gasteiger partial charge in [0.25, 0.3) is 0 Å². The summed E-state index contributed by atoms with van der Waals surface area (Å²) >= 11 is 0. The van der Waals surface area contributed by atoms with Crippen molar-refractivity contribution in [3.63, 3.8) is 0 Å². The lowest BCUT2D eigenvalue weighted by molar-refractivity contribution is -0.136. The van der Waals surface area contributed by atoms with Gasteiger partial charge in [0.1, 0.15) is 0 Å². The molecule has 2 N–H and O–H groups in total. The van der Waals surface area contributed by atoms with Crippen molar-refractivity contribution in [3.05, 3.63) is 24.3 Å². The topological polar surface area (TPSA) is 66.8 Å². The Kier molecular flexibility index (Phi) is 5.89. The quantitative estimate of drug-likeness (QED) is 0.390. The predicted octanol–water partition coefficient (Wildman–Crippen LogP) is 0.795. The normalized spacial score (nSPS) is 15.6. The number of hydrogen-bond donors (Lipinski definition) is 2. The summed E-state index contributed by atoms with van der Waals surface area (Å²) in [5.74, 6) is -0.546. The second kappa shape index (κ2) is 6.37. The number of rotatable bonds is 6. The van der Waals surface area contributed by atoms with Gasteiger partial charge in [0.15, 0.2) is 0 Å². The van der Waals surface area contributed by atoms with E-state index >= 15 is 0 Å². The van der Waals surface area contributed by atoms with Gasteiger partial charge in [0.2, 0.25) is 0 Å². The average molecular weight is 214 g/mol. The first-order valence-electron chi connectivity index (χ1n) is 4.71. The SMILES string of the molecule is C=C[C@@](C)(O)CC/C=C(\CO)C(=O)OC. The van der Waals surface area contributed by atoms with Crippen LogP contribution in [0.25, 0.3) is 0 Å². The van der Waals surface area contributed by atoms with E-state index in [9.17, 15) is 9.90 Å². The monoisotopic (exact) mass is 214 g/mol. The summed E-state index contributed by atoms with van der Waals surface area (Å²) in [6.45, 7) is 4.76. The van der Waals surface area contributed by atoms with Gasteiger partial charge in [0.05, 0.1) is 24.9 Å². The number of aliphatic hydroxyl groups is 2. The molecule has 86 valence electrons. The first kappa shape index (κ1) is 13.9. The van der Waals surface area contributed by atoms with E-state index in [4.69, 9.17) is 5.11 Å². The molecule has 0 amide bonds. The van der Waals surface area contributed by atoms with Crippen LogP contribution in [0.2, 0.25) is 0 Å². The zero-order valence-corrected chi connectivity index (χ0v) is 9.19. The van der Waals surface area contributed by atoms with Gasteiger partial charge < -0.3 is 14.9 Å². The van der Waals surface area contributed by atoms with Crippen molar-refractivity contribution in [1.82, 2.24) is 0 Å². The van der Waals surface area contributed by atoms with E-state index < -0.39 is 11.6 Å². The highest BCUT2D eigenvalue weighted by molar-refractivity contribution is 5.88. The van der Waals surface area contributed by atoms with Crippen LogP contribution in [0.1, 0.15) is 19.8 Å². The largest absolute Gasteiger partial charge is 0.466 e. The molecule has 0 radical (unpaired) electrons. The molecular weight excluding hydrogens is 196 g/mol. The van der Waals surface area contributed by atoms with Crippen LogP contribution < -0.4 is 0 Å². The fourth-order valence-electron chi connectivity index (χ4n) is 0.984. The average Bonchev–Trinajstić information content (AvgIpc) is 2.23. The molecule has 0 aromatic heterocycles. The lowest BCUT2D eigenvalue weighted by Crippen LogP contribution is -2.19. The van der Waals surface area contributed by atoms with Crippen LogP contribution in [0.4, 0.5) is 0 Å². The molecule has 0 aromatic carbocycles. The maximum atomic E-state index is 11.0. The Labute approximate surface area is 89.9 Å². The molecule has 0 fully saturated rings. The van der Waals surface area contributed by atoms with Crippen molar-refractivity contribution < 1.29 is 19.7 Å². The number of carbonyl (C=O) groups excluding carboxylic acids is 1. The number of methoxy groups -OCH3 is 1. The minimum atomic E-state index is -0.951. The van der Waals surface area contributed by atoms with Crippen LogP contribution in [-0.4, -0.2) is 35.5 Å². The van der Waals surface area contributed by atoms with E-state index in [0.717, 1.165) is 0 Å². The van der Waals surface area contributed by atoms with Crippen molar-refractivity contribution in [1.29, 1.82) is 0 Å². The Morgan fingerprint density at radius 2 is 2.20 bits per heavy atom. The molecule has 0 saturated carbocycles. The van der Waals surface area contributed by atoms with Gasteiger partial charge in [-0.15, -0.1) is 6.58 Å². The highest BCUT2D eigenvalue weighted by atomic mass is 16.5. The molecule has 0 aromatic rings. The second-order valence-electron chi connectivity index (χ2n) is 3.48. The molecule has 0 heterocycles. The lowest BCUT2D eigenvalue weighted by Gasteiger charge is -2.16. The molecule has 15 heavy (non-hydrogen) atoms. The van der Waals surface area contributed by atoms with E-state index in [-0.39, 0.29) is 12.2 Å². The molecule has 0 bridgehead atoms. The fraction of sp³-hybridized carbons (Fsp3) is 0.545. The highest BCUT2D eigenvalue weighted by Gasteiger charge is 2.14. The van der Waals surface area contributed by atoms with E-state index in [2.05, 4.69) is 11.3 Å². The van der Waals surface area contributed by atoms with Crippen LogP contribution in [-0.2, 0) is 9.53 Å². The Morgan fingerprint density at radius 3 is 2.60 bits per heavy atom. The standard InChI is InChI=1S/C11H18O4/c1-4-11(2,14)7-5-6-9(8-12)10(13)15-3/h4,6,12,14H,1,5,7-8H2,2-3H3/b9-6+/t11-/m1/s1. The molecule has 0 aliphatic heterocycles. The number of hydrogen-bond acceptors (Lipinski definition) is 4. The summed E-state index contributed by atoms with van der Waals surface area (Å²) in [5, 5.41) is 18.4. The molecule has 0 aliphatic carbocycles. The molecule has 0 aliphatic rings. The van der Waals surface area contributed by atoms with Crippen LogP contribution in [0, 0.1) is 0 Å². The van der Waals surface area contributed by atoms with E-state index in [1.165, 1.54) is 13.2 Å². The summed E-state index contributed by atoms with van der Waals surface area (Å²) in [5.41, 5.74) is -0.745. The van der Waals surface area contributed by atoms with Crippen molar-refractivity contribution in [2.75, 3.05) is 13.7 Å². The maximum Gasteiger partial charge on any atom is 0.335 e. The maximum absolute atomic E-state index is 11.0. The summed E-state index contributed by atoms with van der Waals surface area (Å²) in [4.78, 5) is 11.0. The van der Waals surface area contributed by atoms with Crippen molar-refractivity contribution in [2.45, 2.75) is 25.4 Å². The minimum Gasteiger partial charge on any atom is -0.466 e. The van der Waals surface area contributed by atoms with Crippen molar-refractivity contribution >= 4 is 5.97 Å². The summed E-state index contributed by atoms with van der Waals surface area (Å²) in [7, 11) is 1.26. The Hall–Kier alpha value is -1.13. The molecule has 0 rings (SSSR count). The molecule has 0 saturated heterocycles. The number of carbonyl (C=O) groups is 1. The highest BCUT2D eigenvalue weighted by Crippen LogP contribution is 2.14. The third-order valence-corrected chi connectivity index (χ3v) is 2.10. The van der Waals surface area contributed by atoms with Crippen LogP contribution in [0.15, 0.2) is 24.3 Å². The van der Waals surface area contributed by atoms with Gasteiger partial charge in [-0.25, -0.2) is 4.79 Å². The molecule has 4 heteroatoms. The van der Waals surface area contributed by atoms with Gasteiger partial charge in [-0.3, -0.25) is 0 Å². The van der Waals surface area contributed by atoms with Crippen LogP contribution in [0.3, 0.4) is 0 Å². The van der Waals surface area contributed by atoms with Gasteiger partial charge in [-0.05, 0) is 19.8 Å². The van der Waals surface area contributed by atoms with Crippen LogP contribution in [0.5, 0.6) is 0 Å². The third kappa shape index (κ3) is 5.34. The van der Waals surface area contributed by atoms with Crippen molar-refractivity contribution in [3.8, 4) is 0 Å². The first-order chi connectivity index (χ1) is 6.96. The summed E-state index contributed by atoms with van der Waals surface area (Å²) < 4.78 is 4.46. The number of ether oxygens (including phenoxy) is 1. The van der Waals surface area contributed by atoms with Gasteiger partial charge in [0, 0.05) is 0 Å². The second-order valence-corrected chi connectivity index (χ2v) is 3.48. The first-order valence-corrected chi connectivity index (χ1v) is 4.71. The Balaban J connectivity index is 4.25. The minimum absolute atomic E-state index is 0.206. The Bertz CT molecular complexity index is 253. The fourth-order valence-corrected chi connectivity index (χ4v) is 0.984. The van der Waals surface area contributed by atoms with E-state index in [1.807, 2.05) is 0 Å². The smallest absolute Gasteiger partial charge is 0.335 e. The number of aliphatic hydroxyl groups excluding tert-OH is 1. The van der Waals surface area contributed by atoms with Crippen molar-refractivity contribution in [2.24, 2.45) is 0 Å². The zero-order chi connectivity index (χ0) is 11.9. The predicted molar refractivity (Wildman–Crippen MR) is 57.2 cm³/mol. The van der Waals surface area contributed by atoms with E-state index in [0.29, 0.717) is 12.8 Å². The van der Waals surface area contributed by atoms with Crippen LogP contribution >= 0.6 is 0 Å². The van der Waals surface area contributed by atoms with Gasteiger partial charge in [-0.1, -0.05) is 12.2 Å². The molecule has 1 atom stereocenters. The van der Waals surface area contributed by atoms with Gasteiger partial charge in [-0.2, -0.15) is 0 Å². The molecule has 0 spiro atoms. The number of esters is 1. The lowest BCUT2D eigenvalue weighted by atomic mass is 10.00. The zero-order valence-electron chi connectivity index (χ0n) is 9.19. The van der Waals surface area contributed by atoms with Gasteiger partial charge >= 0.3 is 5.97 Å².